The van der Waals surface area contributed by atoms with Crippen molar-refractivity contribution in [3.8, 4) is 5.75 Å². The van der Waals surface area contributed by atoms with Crippen LogP contribution in [0.3, 0.4) is 0 Å². The summed E-state index contributed by atoms with van der Waals surface area (Å²) in [6, 6.07) is 7.55. The molecule has 0 amide bonds. The highest BCUT2D eigenvalue weighted by molar-refractivity contribution is 9.10. The molecule has 4 nitrogen and oxygen atoms in total. The molecular weight excluding hydrogens is 282 g/mol. The smallest absolute Gasteiger partial charge is 0.147 e. The number of nitrogens with zero attached hydrogens (tertiary/aromatic N) is 2. The first-order valence-corrected chi connectivity index (χ1v) is 5.92. The van der Waals surface area contributed by atoms with Crippen LogP contribution in [0, 0.1) is 0 Å². The highest BCUT2D eigenvalue weighted by atomic mass is 79.9. The Kier molecular flexibility index (Phi) is 3.93. The Labute approximate surface area is 108 Å². The quantitative estimate of drug-likeness (QED) is 0.942. The van der Waals surface area contributed by atoms with Crippen molar-refractivity contribution >= 4 is 21.6 Å². The van der Waals surface area contributed by atoms with E-state index in [1.165, 1.54) is 0 Å². The first-order chi connectivity index (χ1) is 8.29. The second kappa shape index (κ2) is 5.63. The lowest BCUT2D eigenvalue weighted by molar-refractivity contribution is 0.415. The summed E-state index contributed by atoms with van der Waals surface area (Å²) in [5.41, 5.74) is 0.955. The molecule has 0 spiro atoms. The fraction of sp³-hybridized carbons (Fsp3) is 0.167. The highest BCUT2D eigenvalue weighted by Crippen LogP contribution is 2.27. The average Bonchev–Trinajstić information content (AvgIpc) is 2.39. The van der Waals surface area contributed by atoms with Crippen LogP contribution in [0.2, 0.25) is 0 Å². The van der Waals surface area contributed by atoms with Crippen molar-refractivity contribution in [1.82, 2.24) is 9.97 Å². The van der Waals surface area contributed by atoms with E-state index >= 15 is 0 Å². The Bertz CT molecular complexity index is 490. The first-order valence-electron chi connectivity index (χ1n) is 5.13. The van der Waals surface area contributed by atoms with Crippen LogP contribution in [0.25, 0.3) is 0 Å². The van der Waals surface area contributed by atoms with E-state index in [0.717, 1.165) is 21.7 Å². The molecule has 0 aliphatic rings. The number of methoxy groups -OCH3 is 1. The van der Waals surface area contributed by atoms with Gasteiger partial charge in [0.2, 0.25) is 0 Å². The molecule has 1 aromatic heterocycles. The van der Waals surface area contributed by atoms with E-state index in [2.05, 4.69) is 31.2 Å². The molecule has 5 heteroatoms. The lowest BCUT2D eigenvalue weighted by Crippen LogP contribution is -2.04. The minimum absolute atomic E-state index is 0.576. The molecule has 0 saturated carbocycles. The van der Waals surface area contributed by atoms with Gasteiger partial charge in [-0.3, -0.25) is 0 Å². The van der Waals surface area contributed by atoms with Crippen LogP contribution in [0.5, 0.6) is 5.75 Å². The normalized spacial score (nSPS) is 10.0. The van der Waals surface area contributed by atoms with Crippen LogP contribution in [0.1, 0.15) is 5.82 Å². The molecule has 2 rings (SSSR count). The largest absolute Gasteiger partial charge is 0.497 e. The maximum Gasteiger partial charge on any atom is 0.147 e. The number of hydrogen-bond acceptors (Lipinski definition) is 4. The molecule has 88 valence electrons. The van der Waals surface area contributed by atoms with E-state index in [1.54, 1.807) is 25.6 Å². The summed E-state index contributed by atoms with van der Waals surface area (Å²) in [7, 11) is 1.65. The van der Waals surface area contributed by atoms with Crippen LogP contribution in [-0.4, -0.2) is 17.1 Å². The Morgan fingerprint density at radius 3 is 2.76 bits per heavy atom. The maximum atomic E-state index is 5.17. The lowest BCUT2D eigenvalue weighted by atomic mass is 10.3. The van der Waals surface area contributed by atoms with Gasteiger partial charge in [0.05, 0.1) is 19.3 Å². The van der Waals surface area contributed by atoms with E-state index in [4.69, 9.17) is 4.74 Å². The van der Waals surface area contributed by atoms with Gasteiger partial charge in [-0.2, -0.15) is 0 Å². The lowest BCUT2D eigenvalue weighted by Gasteiger charge is -2.09. The van der Waals surface area contributed by atoms with Gasteiger partial charge in [-0.05, 0) is 34.1 Å². The zero-order valence-corrected chi connectivity index (χ0v) is 10.9. The van der Waals surface area contributed by atoms with Crippen LogP contribution in [-0.2, 0) is 6.54 Å². The number of anilines is 1. The van der Waals surface area contributed by atoms with E-state index in [0.29, 0.717) is 6.54 Å². The standard InChI is InChI=1S/C12H12BrN3O/c1-17-9-3-4-10(13)11(7-9)16-8-12-14-5-2-6-15-12/h2-7,16H,8H2,1H3. The van der Waals surface area contributed by atoms with Gasteiger partial charge in [0.15, 0.2) is 0 Å². The molecule has 2 aromatic rings. The predicted molar refractivity (Wildman–Crippen MR) is 70.1 cm³/mol. The second-order valence-corrected chi connectivity index (χ2v) is 4.22. The van der Waals surface area contributed by atoms with Crippen molar-refractivity contribution in [2.45, 2.75) is 6.54 Å². The SMILES string of the molecule is COc1ccc(Br)c(NCc2ncccn2)c1. The number of aromatic nitrogens is 2. The van der Waals surface area contributed by atoms with Gasteiger partial charge in [-0.1, -0.05) is 0 Å². The maximum absolute atomic E-state index is 5.17. The Morgan fingerprint density at radius 1 is 1.29 bits per heavy atom. The summed E-state index contributed by atoms with van der Waals surface area (Å²) in [6.07, 6.45) is 3.45. The zero-order chi connectivity index (χ0) is 12.1. The number of benzene rings is 1. The molecule has 0 aliphatic carbocycles. The molecule has 0 saturated heterocycles. The summed E-state index contributed by atoms with van der Waals surface area (Å²) < 4.78 is 6.15. The number of rotatable bonds is 4. The van der Waals surface area contributed by atoms with E-state index < -0.39 is 0 Å². The number of nitrogens with one attached hydrogen (secondary N) is 1. The summed E-state index contributed by atoms with van der Waals surface area (Å²) in [4.78, 5) is 8.29. The van der Waals surface area contributed by atoms with Crippen molar-refractivity contribution in [2.75, 3.05) is 12.4 Å². The fourth-order valence-electron chi connectivity index (χ4n) is 1.36. The van der Waals surface area contributed by atoms with Gasteiger partial charge in [-0.15, -0.1) is 0 Å². The van der Waals surface area contributed by atoms with Gasteiger partial charge in [0.25, 0.3) is 0 Å². The minimum atomic E-state index is 0.576. The van der Waals surface area contributed by atoms with Crippen molar-refractivity contribution < 1.29 is 4.74 Å². The van der Waals surface area contributed by atoms with Crippen LogP contribution < -0.4 is 10.1 Å². The molecule has 0 unspecified atom stereocenters. The molecule has 17 heavy (non-hydrogen) atoms. The van der Waals surface area contributed by atoms with Crippen molar-refractivity contribution in [2.24, 2.45) is 0 Å². The van der Waals surface area contributed by atoms with Gasteiger partial charge in [0, 0.05) is 22.9 Å². The van der Waals surface area contributed by atoms with Gasteiger partial charge < -0.3 is 10.1 Å². The second-order valence-electron chi connectivity index (χ2n) is 3.36. The van der Waals surface area contributed by atoms with Crippen LogP contribution in [0.15, 0.2) is 41.1 Å². The van der Waals surface area contributed by atoms with Gasteiger partial charge in [0.1, 0.15) is 11.6 Å². The third-order valence-electron chi connectivity index (χ3n) is 2.23. The summed E-state index contributed by atoms with van der Waals surface area (Å²) in [6.45, 7) is 0.576. The Balaban J connectivity index is 2.08. The molecule has 1 aromatic carbocycles. The summed E-state index contributed by atoms with van der Waals surface area (Å²) >= 11 is 3.47. The fourth-order valence-corrected chi connectivity index (χ4v) is 1.75. The third kappa shape index (κ3) is 3.17. The molecule has 0 bridgehead atoms. The number of ether oxygens (including phenoxy) is 1. The third-order valence-corrected chi connectivity index (χ3v) is 2.92. The predicted octanol–water partition coefficient (Wildman–Crippen LogP) is 2.86. The molecule has 0 aliphatic heterocycles. The van der Waals surface area contributed by atoms with E-state index in [-0.39, 0.29) is 0 Å². The van der Waals surface area contributed by atoms with Crippen LogP contribution in [0.4, 0.5) is 5.69 Å². The monoisotopic (exact) mass is 293 g/mol. The Hall–Kier alpha value is -1.62. The molecule has 1 N–H and O–H groups in total. The molecule has 0 fully saturated rings. The molecular formula is C12H12BrN3O. The Morgan fingerprint density at radius 2 is 2.06 bits per heavy atom. The zero-order valence-electron chi connectivity index (χ0n) is 9.35. The van der Waals surface area contributed by atoms with Gasteiger partial charge >= 0.3 is 0 Å². The number of hydrogen-bond donors (Lipinski definition) is 1. The summed E-state index contributed by atoms with van der Waals surface area (Å²) in [5, 5.41) is 3.25. The number of halogens is 1. The van der Waals surface area contributed by atoms with Crippen molar-refractivity contribution in [3.63, 3.8) is 0 Å². The molecule has 1 heterocycles. The van der Waals surface area contributed by atoms with Crippen LogP contribution >= 0.6 is 15.9 Å². The van der Waals surface area contributed by atoms with Crippen molar-refractivity contribution in [1.29, 1.82) is 0 Å². The highest BCUT2D eigenvalue weighted by Gasteiger charge is 2.02. The van der Waals surface area contributed by atoms with Gasteiger partial charge in [-0.25, -0.2) is 9.97 Å². The average molecular weight is 294 g/mol. The molecule has 0 atom stereocenters. The first kappa shape index (κ1) is 11.9. The van der Waals surface area contributed by atoms with E-state index in [9.17, 15) is 0 Å². The van der Waals surface area contributed by atoms with Crippen molar-refractivity contribution in [3.05, 3.63) is 47.0 Å². The molecule has 0 radical (unpaired) electrons. The topological polar surface area (TPSA) is 47.0 Å². The summed E-state index contributed by atoms with van der Waals surface area (Å²) in [5.74, 6) is 1.56. The minimum Gasteiger partial charge on any atom is -0.497 e. The van der Waals surface area contributed by atoms with E-state index in [1.807, 2.05) is 18.2 Å².